The van der Waals surface area contributed by atoms with Gasteiger partial charge in [-0.1, -0.05) is 0 Å². The Kier molecular flexibility index (Phi) is 4.45. The number of nitrogens with two attached hydrogens (primary N) is 1. The van der Waals surface area contributed by atoms with E-state index < -0.39 is 16.0 Å². The first-order chi connectivity index (χ1) is 8.31. The van der Waals surface area contributed by atoms with E-state index in [1.54, 1.807) is 0 Å². The van der Waals surface area contributed by atoms with Gasteiger partial charge in [0.05, 0.1) is 17.5 Å². The van der Waals surface area contributed by atoms with E-state index in [0.717, 1.165) is 6.26 Å². The number of anilines is 2. The highest BCUT2D eigenvalue weighted by Gasteiger charge is 2.11. The Hall–Kier alpha value is -1.87. The van der Waals surface area contributed by atoms with Crippen LogP contribution in [0.2, 0.25) is 0 Å². The van der Waals surface area contributed by atoms with Crippen molar-refractivity contribution in [1.82, 2.24) is 9.71 Å². The van der Waals surface area contributed by atoms with Gasteiger partial charge >= 0.3 is 5.97 Å². The zero-order valence-electron chi connectivity index (χ0n) is 9.67. The number of carboxylic acid groups (broad SMARTS) is 1. The van der Waals surface area contributed by atoms with E-state index in [-0.39, 0.29) is 30.2 Å². The number of pyridine rings is 1. The van der Waals surface area contributed by atoms with Crippen LogP contribution in [0.3, 0.4) is 0 Å². The molecule has 0 fully saturated rings. The molecule has 100 valence electrons. The van der Waals surface area contributed by atoms with Gasteiger partial charge in [0.25, 0.3) is 0 Å². The highest BCUT2D eigenvalue weighted by molar-refractivity contribution is 7.88. The van der Waals surface area contributed by atoms with Crippen LogP contribution in [0.5, 0.6) is 0 Å². The summed E-state index contributed by atoms with van der Waals surface area (Å²) in [6.07, 6.45) is 2.36. The lowest BCUT2D eigenvalue weighted by atomic mass is 10.2. The van der Waals surface area contributed by atoms with Crippen LogP contribution in [0.1, 0.15) is 10.4 Å². The van der Waals surface area contributed by atoms with Gasteiger partial charge in [0, 0.05) is 19.3 Å². The van der Waals surface area contributed by atoms with Crippen molar-refractivity contribution in [1.29, 1.82) is 0 Å². The molecule has 0 radical (unpaired) electrons. The fraction of sp³-hybridized carbons (Fsp3) is 0.333. The van der Waals surface area contributed by atoms with Crippen LogP contribution < -0.4 is 15.8 Å². The minimum atomic E-state index is -3.25. The van der Waals surface area contributed by atoms with E-state index in [4.69, 9.17) is 10.8 Å². The number of aromatic nitrogens is 1. The van der Waals surface area contributed by atoms with Gasteiger partial charge in [0.15, 0.2) is 0 Å². The van der Waals surface area contributed by atoms with Crippen molar-refractivity contribution in [2.45, 2.75) is 0 Å². The number of rotatable bonds is 6. The molecule has 0 aliphatic carbocycles. The number of carbonyl (C=O) groups is 1. The van der Waals surface area contributed by atoms with Gasteiger partial charge in [-0.3, -0.25) is 0 Å². The van der Waals surface area contributed by atoms with Gasteiger partial charge in [-0.2, -0.15) is 0 Å². The molecule has 0 saturated carbocycles. The number of nitrogen functional groups attached to an aromatic ring is 1. The summed E-state index contributed by atoms with van der Waals surface area (Å²) in [5.74, 6) is -0.933. The van der Waals surface area contributed by atoms with Crippen molar-refractivity contribution >= 4 is 27.5 Å². The molecule has 5 N–H and O–H groups in total. The normalized spacial score (nSPS) is 11.2. The number of hydrogen-bond donors (Lipinski definition) is 4. The summed E-state index contributed by atoms with van der Waals surface area (Å²) in [6.45, 7) is 0.393. The van der Waals surface area contributed by atoms with Crippen molar-refractivity contribution in [2.75, 3.05) is 30.4 Å². The SMILES string of the molecule is CS(=O)(=O)NCCNc1nccc(C(=O)O)c1N. The number of aromatic carboxylic acids is 1. The summed E-state index contributed by atoms with van der Waals surface area (Å²) in [7, 11) is -3.25. The average Bonchev–Trinajstić information content (AvgIpc) is 2.24. The Balaban J connectivity index is 2.63. The summed E-state index contributed by atoms with van der Waals surface area (Å²) in [6, 6.07) is 1.29. The lowest BCUT2D eigenvalue weighted by molar-refractivity contribution is 0.0698. The number of sulfonamides is 1. The molecular formula is C9H14N4O4S. The highest BCUT2D eigenvalue weighted by atomic mass is 32.2. The quantitative estimate of drug-likeness (QED) is 0.505. The lowest BCUT2D eigenvalue weighted by Gasteiger charge is -2.09. The topological polar surface area (TPSA) is 134 Å². The molecule has 0 aliphatic rings. The predicted octanol–water partition coefficient (Wildman–Crippen LogP) is -0.677. The fourth-order valence-electron chi connectivity index (χ4n) is 1.22. The first-order valence-electron chi connectivity index (χ1n) is 4.97. The maximum Gasteiger partial charge on any atom is 0.337 e. The summed E-state index contributed by atoms with van der Waals surface area (Å²) in [5, 5.41) is 11.6. The third kappa shape index (κ3) is 4.18. The standard InChI is InChI=1S/C9H14N4O4S/c1-18(16,17)13-5-4-12-8-7(10)6(9(14)15)2-3-11-8/h2-3,13H,4-5,10H2,1H3,(H,11,12)(H,14,15). The number of nitrogens with zero attached hydrogens (tertiary/aromatic N) is 1. The predicted molar refractivity (Wildman–Crippen MR) is 66.9 cm³/mol. The van der Waals surface area contributed by atoms with E-state index in [2.05, 4.69) is 15.0 Å². The Morgan fingerprint density at radius 3 is 2.72 bits per heavy atom. The highest BCUT2D eigenvalue weighted by Crippen LogP contribution is 2.19. The lowest BCUT2D eigenvalue weighted by Crippen LogP contribution is -2.28. The van der Waals surface area contributed by atoms with E-state index in [1.165, 1.54) is 12.3 Å². The number of hydrogen-bond acceptors (Lipinski definition) is 6. The van der Waals surface area contributed by atoms with E-state index >= 15 is 0 Å². The minimum absolute atomic E-state index is 0.0179. The molecule has 18 heavy (non-hydrogen) atoms. The van der Waals surface area contributed by atoms with E-state index in [9.17, 15) is 13.2 Å². The van der Waals surface area contributed by atoms with Gasteiger partial charge in [-0.25, -0.2) is 22.9 Å². The third-order valence-corrected chi connectivity index (χ3v) is 2.73. The number of nitrogens with one attached hydrogen (secondary N) is 2. The third-order valence-electron chi connectivity index (χ3n) is 2.00. The maximum atomic E-state index is 10.8. The molecule has 9 heteroatoms. The molecule has 0 aromatic carbocycles. The molecule has 0 aliphatic heterocycles. The molecule has 1 heterocycles. The van der Waals surface area contributed by atoms with Gasteiger partial charge in [0.2, 0.25) is 10.0 Å². The molecule has 0 spiro atoms. The van der Waals surface area contributed by atoms with Crippen LogP contribution >= 0.6 is 0 Å². The average molecular weight is 274 g/mol. The van der Waals surface area contributed by atoms with Crippen molar-refractivity contribution in [2.24, 2.45) is 0 Å². The molecule has 1 rings (SSSR count). The maximum absolute atomic E-state index is 10.8. The van der Waals surface area contributed by atoms with Crippen LogP contribution in [-0.2, 0) is 10.0 Å². The fourth-order valence-corrected chi connectivity index (χ4v) is 1.69. The van der Waals surface area contributed by atoms with Crippen molar-refractivity contribution in [3.05, 3.63) is 17.8 Å². The Bertz CT molecular complexity index is 543. The molecule has 0 unspecified atom stereocenters. The first kappa shape index (κ1) is 14.2. The second-order valence-corrected chi connectivity index (χ2v) is 5.35. The molecule has 8 nitrogen and oxygen atoms in total. The Morgan fingerprint density at radius 1 is 1.50 bits per heavy atom. The summed E-state index contributed by atoms with van der Waals surface area (Å²) in [5.41, 5.74) is 5.57. The molecule has 0 amide bonds. The zero-order valence-corrected chi connectivity index (χ0v) is 10.5. The molecule has 0 bridgehead atoms. The molecule has 1 aromatic heterocycles. The molecular weight excluding hydrogens is 260 g/mol. The van der Waals surface area contributed by atoms with Crippen LogP contribution in [0.4, 0.5) is 11.5 Å². The van der Waals surface area contributed by atoms with Crippen LogP contribution in [-0.4, -0.2) is 43.8 Å². The monoisotopic (exact) mass is 274 g/mol. The van der Waals surface area contributed by atoms with Crippen molar-refractivity contribution in [3.63, 3.8) is 0 Å². The van der Waals surface area contributed by atoms with Crippen LogP contribution in [0, 0.1) is 0 Å². The van der Waals surface area contributed by atoms with Crippen LogP contribution in [0.25, 0.3) is 0 Å². The Morgan fingerprint density at radius 2 is 2.17 bits per heavy atom. The van der Waals surface area contributed by atoms with Gasteiger partial charge in [0.1, 0.15) is 5.82 Å². The molecule has 0 atom stereocenters. The van der Waals surface area contributed by atoms with E-state index in [1.807, 2.05) is 0 Å². The minimum Gasteiger partial charge on any atom is -0.478 e. The zero-order chi connectivity index (χ0) is 13.8. The summed E-state index contributed by atoms with van der Waals surface area (Å²) in [4.78, 5) is 14.7. The summed E-state index contributed by atoms with van der Waals surface area (Å²) < 4.78 is 23.9. The Labute approximate surface area is 104 Å². The first-order valence-corrected chi connectivity index (χ1v) is 6.86. The van der Waals surface area contributed by atoms with Crippen LogP contribution in [0.15, 0.2) is 12.3 Å². The van der Waals surface area contributed by atoms with E-state index in [0.29, 0.717) is 0 Å². The largest absolute Gasteiger partial charge is 0.478 e. The number of carboxylic acids is 1. The van der Waals surface area contributed by atoms with Gasteiger partial charge in [-0.05, 0) is 6.07 Å². The van der Waals surface area contributed by atoms with Crippen molar-refractivity contribution < 1.29 is 18.3 Å². The second-order valence-electron chi connectivity index (χ2n) is 3.52. The second kappa shape index (κ2) is 5.65. The van der Waals surface area contributed by atoms with Gasteiger partial charge in [-0.15, -0.1) is 0 Å². The molecule has 1 aromatic rings. The summed E-state index contributed by atoms with van der Waals surface area (Å²) >= 11 is 0. The molecule has 0 saturated heterocycles. The smallest absolute Gasteiger partial charge is 0.337 e. The van der Waals surface area contributed by atoms with Crippen molar-refractivity contribution in [3.8, 4) is 0 Å². The van der Waals surface area contributed by atoms with Gasteiger partial charge < -0.3 is 16.2 Å².